The second kappa shape index (κ2) is 10.0. The minimum atomic E-state index is 0.848. The number of hydrogen-bond acceptors (Lipinski definition) is 2. The number of aliphatic imine (C=N–C) groups is 1. The zero-order valence-electron chi connectivity index (χ0n) is 14.5. The van der Waals surface area contributed by atoms with Gasteiger partial charge in [-0.1, -0.05) is 63.1 Å². The number of allylic oxidation sites excluding steroid dienone is 1. The van der Waals surface area contributed by atoms with E-state index in [1.54, 1.807) is 0 Å². The summed E-state index contributed by atoms with van der Waals surface area (Å²) < 4.78 is 0. The van der Waals surface area contributed by atoms with E-state index in [1.807, 2.05) is 0 Å². The second-order valence-corrected chi connectivity index (χ2v) is 6.31. The average molecular weight is 310 g/mol. The first-order chi connectivity index (χ1) is 11.3. The SMILES string of the molecule is C=C(NCCCCCC)C1=NCC(CCCc2ccccc2)=C1. The van der Waals surface area contributed by atoms with Gasteiger partial charge in [0.05, 0.1) is 18.0 Å². The lowest BCUT2D eigenvalue weighted by atomic mass is 10.0. The fourth-order valence-corrected chi connectivity index (χ4v) is 2.85. The van der Waals surface area contributed by atoms with Crippen LogP contribution in [0.4, 0.5) is 0 Å². The number of benzene rings is 1. The molecule has 124 valence electrons. The summed E-state index contributed by atoms with van der Waals surface area (Å²) in [6.07, 6.45) is 10.8. The Balaban J connectivity index is 1.65. The van der Waals surface area contributed by atoms with Crippen LogP contribution in [-0.4, -0.2) is 18.8 Å². The van der Waals surface area contributed by atoms with Crippen molar-refractivity contribution in [2.75, 3.05) is 13.1 Å². The van der Waals surface area contributed by atoms with Crippen LogP contribution in [0.15, 0.2) is 59.2 Å². The fourth-order valence-electron chi connectivity index (χ4n) is 2.85. The monoisotopic (exact) mass is 310 g/mol. The van der Waals surface area contributed by atoms with Crippen molar-refractivity contribution in [1.29, 1.82) is 0 Å². The molecule has 1 N–H and O–H groups in total. The highest BCUT2D eigenvalue weighted by Crippen LogP contribution is 2.16. The predicted octanol–water partition coefficient (Wildman–Crippen LogP) is 5.07. The maximum Gasteiger partial charge on any atom is 0.0803 e. The molecule has 0 bridgehead atoms. The van der Waals surface area contributed by atoms with E-state index in [-0.39, 0.29) is 0 Å². The van der Waals surface area contributed by atoms with Gasteiger partial charge >= 0.3 is 0 Å². The summed E-state index contributed by atoms with van der Waals surface area (Å²) in [6.45, 7) is 8.23. The minimum Gasteiger partial charge on any atom is -0.384 e. The van der Waals surface area contributed by atoms with Gasteiger partial charge in [0.1, 0.15) is 0 Å². The third-order valence-electron chi connectivity index (χ3n) is 4.28. The molecule has 23 heavy (non-hydrogen) atoms. The van der Waals surface area contributed by atoms with Crippen molar-refractivity contribution < 1.29 is 0 Å². The van der Waals surface area contributed by atoms with E-state index in [4.69, 9.17) is 0 Å². The van der Waals surface area contributed by atoms with Crippen molar-refractivity contribution in [3.8, 4) is 0 Å². The van der Waals surface area contributed by atoms with E-state index in [0.717, 1.165) is 37.3 Å². The molecule has 0 aliphatic carbocycles. The number of nitrogens with zero attached hydrogens (tertiary/aromatic N) is 1. The van der Waals surface area contributed by atoms with Crippen molar-refractivity contribution in [3.05, 3.63) is 59.8 Å². The first kappa shape index (κ1) is 17.5. The standard InChI is InChI=1S/C21H30N2/c1-3-4-5-9-15-22-18(2)21-16-20(17-23-21)14-10-13-19-11-7-6-8-12-19/h6-8,11-12,16,22H,2-5,9-10,13-15,17H2,1H3. The molecule has 0 spiro atoms. The van der Waals surface area contributed by atoms with Crippen LogP contribution in [-0.2, 0) is 6.42 Å². The van der Waals surface area contributed by atoms with Gasteiger partial charge in [0.2, 0.25) is 0 Å². The molecule has 1 aliphatic rings. The quantitative estimate of drug-likeness (QED) is 0.567. The number of unbranched alkanes of at least 4 members (excludes halogenated alkanes) is 3. The molecular weight excluding hydrogens is 280 g/mol. The Hall–Kier alpha value is -1.83. The van der Waals surface area contributed by atoms with Gasteiger partial charge in [0, 0.05) is 6.54 Å². The van der Waals surface area contributed by atoms with Gasteiger partial charge < -0.3 is 5.32 Å². The highest BCUT2D eigenvalue weighted by atomic mass is 14.9. The van der Waals surface area contributed by atoms with Gasteiger partial charge in [-0.2, -0.15) is 0 Å². The molecule has 2 rings (SSSR count). The van der Waals surface area contributed by atoms with Crippen LogP contribution in [0.2, 0.25) is 0 Å². The van der Waals surface area contributed by atoms with Crippen LogP contribution >= 0.6 is 0 Å². The molecule has 0 amide bonds. The van der Waals surface area contributed by atoms with Crippen LogP contribution in [0, 0.1) is 0 Å². The van der Waals surface area contributed by atoms with Gasteiger partial charge in [-0.05, 0) is 42.9 Å². The largest absolute Gasteiger partial charge is 0.384 e. The van der Waals surface area contributed by atoms with Crippen molar-refractivity contribution in [2.24, 2.45) is 4.99 Å². The third-order valence-corrected chi connectivity index (χ3v) is 4.28. The van der Waals surface area contributed by atoms with Crippen molar-refractivity contribution >= 4 is 5.71 Å². The summed E-state index contributed by atoms with van der Waals surface area (Å²) in [4.78, 5) is 4.62. The molecule has 1 aliphatic heterocycles. The van der Waals surface area contributed by atoms with E-state index in [9.17, 15) is 0 Å². The van der Waals surface area contributed by atoms with Crippen LogP contribution in [0.5, 0.6) is 0 Å². The molecule has 0 atom stereocenters. The molecule has 0 unspecified atom stereocenters. The normalized spacial score (nSPS) is 13.6. The Morgan fingerprint density at radius 1 is 1.09 bits per heavy atom. The van der Waals surface area contributed by atoms with Gasteiger partial charge in [0.15, 0.2) is 0 Å². The Bertz CT molecular complexity index is 540. The van der Waals surface area contributed by atoms with Gasteiger partial charge in [-0.3, -0.25) is 4.99 Å². The smallest absolute Gasteiger partial charge is 0.0803 e. The summed E-state index contributed by atoms with van der Waals surface area (Å²) >= 11 is 0. The number of nitrogens with one attached hydrogen (secondary N) is 1. The van der Waals surface area contributed by atoms with Crippen molar-refractivity contribution in [3.63, 3.8) is 0 Å². The molecule has 1 heterocycles. The lowest BCUT2D eigenvalue weighted by Gasteiger charge is -2.07. The maximum absolute atomic E-state index is 4.62. The molecule has 0 radical (unpaired) electrons. The highest BCUT2D eigenvalue weighted by molar-refractivity contribution is 6.09. The topological polar surface area (TPSA) is 24.4 Å². The van der Waals surface area contributed by atoms with Gasteiger partial charge in [-0.15, -0.1) is 0 Å². The van der Waals surface area contributed by atoms with E-state index in [1.165, 1.54) is 43.2 Å². The Kier molecular flexibility index (Phi) is 7.65. The van der Waals surface area contributed by atoms with Crippen LogP contribution in [0.25, 0.3) is 0 Å². The van der Waals surface area contributed by atoms with E-state index in [0.29, 0.717) is 0 Å². The second-order valence-electron chi connectivity index (χ2n) is 6.31. The highest BCUT2D eigenvalue weighted by Gasteiger charge is 2.10. The lowest BCUT2D eigenvalue weighted by Crippen LogP contribution is -2.19. The number of hydrogen-bond donors (Lipinski definition) is 1. The van der Waals surface area contributed by atoms with Gasteiger partial charge in [0.25, 0.3) is 0 Å². The number of rotatable bonds is 11. The average Bonchev–Trinajstić information content (AvgIpc) is 3.04. The molecular formula is C21H30N2. The molecule has 1 aromatic rings. The molecule has 2 nitrogen and oxygen atoms in total. The summed E-state index contributed by atoms with van der Waals surface area (Å²) in [5.41, 5.74) is 4.89. The zero-order chi connectivity index (χ0) is 16.3. The van der Waals surface area contributed by atoms with Crippen LogP contribution in [0.1, 0.15) is 51.0 Å². The zero-order valence-corrected chi connectivity index (χ0v) is 14.5. The van der Waals surface area contributed by atoms with Crippen molar-refractivity contribution in [2.45, 2.75) is 51.9 Å². The first-order valence-corrected chi connectivity index (χ1v) is 9.00. The first-order valence-electron chi connectivity index (χ1n) is 9.00. The van der Waals surface area contributed by atoms with E-state index >= 15 is 0 Å². The maximum atomic E-state index is 4.62. The Morgan fingerprint density at radius 2 is 1.91 bits per heavy atom. The van der Waals surface area contributed by atoms with Gasteiger partial charge in [-0.25, -0.2) is 0 Å². The van der Waals surface area contributed by atoms with E-state index < -0.39 is 0 Å². The predicted molar refractivity (Wildman–Crippen MR) is 101 cm³/mol. The Morgan fingerprint density at radius 3 is 2.70 bits per heavy atom. The van der Waals surface area contributed by atoms with E-state index in [2.05, 4.69) is 60.2 Å². The summed E-state index contributed by atoms with van der Waals surface area (Å²) in [5.74, 6) is 0. The molecule has 0 saturated heterocycles. The van der Waals surface area contributed by atoms with Crippen molar-refractivity contribution in [1.82, 2.24) is 5.32 Å². The molecule has 0 saturated carbocycles. The third kappa shape index (κ3) is 6.43. The number of aryl methyl sites for hydroxylation is 1. The Labute approximate surface area is 141 Å². The summed E-state index contributed by atoms with van der Waals surface area (Å²) in [5, 5.41) is 3.42. The molecule has 1 aromatic carbocycles. The summed E-state index contributed by atoms with van der Waals surface area (Å²) in [6, 6.07) is 10.7. The molecule has 2 heteroatoms. The minimum absolute atomic E-state index is 0.848. The van der Waals surface area contributed by atoms with Crippen LogP contribution in [0.3, 0.4) is 0 Å². The lowest BCUT2D eigenvalue weighted by molar-refractivity contribution is 0.642. The van der Waals surface area contributed by atoms with Crippen LogP contribution < -0.4 is 5.32 Å². The fraction of sp³-hybridized carbons (Fsp3) is 0.476. The molecule has 0 aromatic heterocycles. The summed E-state index contributed by atoms with van der Waals surface area (Å²) in [7, 11) is 0. The molecule has 0 fully saturated rings.